The number of hydrogen-bond acceptors (Lipinski definition) is 11. The van der Waals surface area contributed by atoms with Gasteiger partial charge >= 0.3 is 7.82 Å². The van der Waals surface area contributed by atoms with Crippen LogP contribution in [0.3, 0.4) is 0 Å². The van der Waals surface area contributed by atoms with Gasteiger partial charge in [-0.3, -0.25) is 14.1 Å². The number of nitrogens with zero attached hydrogens (tertiary/aromatic N) is 2. The number of aliphatic hydroxyl groups excluding tert-OH is 1. The predicted molar refractivity (Wildman–Crippen MR) is 172 cm³/mol. The summed E-state index contributed by atoms with van der Waals surface area (Å²) in [4.78, 5) is 54.8. The first kappa shape index (κ1) is 33.0. The molecule has 2 amide bonds. The molecule has 1 spiro atoms. The molecule has 0 fully saturated rings. The Morgan fingerprint density at radius 2 is 1.90 bits per heavy atom. The predicted octanol–water partition coefficient (Wildman–Crippen LogP) is 3.29. The molecule has 4 bridgehead atoms. The maximum Gasteiger partial charge on any atom is 0.469 e. The van der Waals surface area contributed by atoms with Gasteiger partial charge in [0.05, 0.1) is 0 Å². The van der Waals surface area contributed by atoms with E-state index >= 15 is 0 Å². The normalized spacial score (nSPS) is 23.1. The van der Waals surface area contributed by atoms with Crippen LogP contribution in [0.25, 0.3) is 11.6 Å². The number of amides is 2. The van der Waals surface area contributed by atoms with Crippen LogP contribution < -0.4 is 20.7 Å². The third-order valence-electron chi connectivity index (χ3n) is 9.09. The zero-order valence-electron chi connectivity index (χ0n) is 27.0. The van der Waals surface area contributed by atoms with E-state index in [0.717, 1.165) is 11.3 Å². The van der Waals surface area contributed by atoms with Crippen molar-refractivity contribution in [3.63, 3.8) is 0 Å². The van der Waals surface area contributed by atoms with Crippen LogP contribution in [0.2, 0.25) is 0 Å². The maximum atomic E-state index is 14.0. The molecule has 6 N–H and O–H groups in total. The van der Waals surface area contributed by atoms with E-state index in [4.69, 9.17) is 18.6 Å². The highest BCUT2D eigenvalue weighted by atomic mass is 31.2. The smallest absolute Gasteiger partial charge is 0.469 e. The van der Waals surface area contributed by atoms with Gasteiger partial charge in [-0.1, -0.05) is 58.0 Å². The monoisotopic (exact) mass is 693 g/mol. The topological polar surface area (TPSA) is 219 Å². The molecule has 5 atom stereocenters. The van der Waals surface area contributed by atoms with Crippen molar-refractivity contribution in [2.45, 2.75) is 70.6 Å². The summed E-state index contributed by atoms with van der Waals surface area (Å²) in [6.07, 6.45) is -0.694. The van der Waals surface area contributed by atoms with E-state index in [1.807, 2.05) is 50.2 Å². The molecule has 3 aliphatic heterocycles. The molecule has 2 aromatic heterocycles. The lowest BCUT2D eigenvalue weighted by atomic mass is 9.72. The van der Waals surface area contributed by atoms with Gasteiger partial charge in [-0.25, -0.2) is 14.5 Å². The number of rotatable bonds is 8. The third kappa shape index (κ3) is 5.71. The van der Waals surface area contributed by atoms with E-state index in [1.54, 1.807) is 19.9 Å². The summed E-state index contributed by atoms with van der Waals surface area (Å²) in [6.45, 7) is 6.66. The lowest BCUT2D eigenvalue weighted by molar-refractivity contribution is -0.135. The van der Waals surface area contributed by atoms with Crippen LogP contribution in [0.5, 0.6) is 5.75 Å². The van der Waals surface area contributed by atoms with Crippen molar-refractivity contribution in [3.05, 3.63) is 82.8 Å². The number of carbonyl (C=O) groups excluding carboxylic acids is 2. The summed E-state index contributed by atoms with van der Waals surface area (Å²) < 4.78 is 35.1. The van der Waals surface area contributed by atoms with E-state index in [0.29, 0.717) is 22.6 Å². The summed E-state index contributed by atoms with van der Waals surface area (Å²) in [5.74, 6) is -0.795. The summed E-state index contributed by atoms with van der Waals surface area (Å²) in [7, 11) is -4.79. The molecule has 0 saturated heterocycles. The van der Waals surface area contributed by atoms with Gasteiger partial charge < -0.3 is 44.4 Å². The van der Waals surface area contributed by atoms with Crippen LogP contribution >= 0.6 is 7.82 Å². The first-order chi connectivity index (χ1) is 23.3. The van der Waals surface area contributed by atoms with Gasteiger partial charge in [0, 0.05) is 17.7 Å². The Morgan fingerprint density at radius 1 is 1.12 bits per heavy atom. The van der Waals surface area contributed by atoms with Crippen LogP contribution in [0.1, 0.15) is 67.8 Å². The molecular weight excluding hydrogens is 657 g/mol. The molecule has 5 heterocycles. The molecule has 7 rings (SSSR count). The Bertz CT molecular complexity index is 1990. The van der Waals surface area contributed by atoms with E-state index < -0.39 is 56.1 Å². The van der Waals surface area contributed by atoms with E-state index in [1.165, 1.54) is 6.26 Å². The van der Waals surface area contributed by atoms with E-state index in [2.05, 4.69) is 25.5 Å². The first-order valence-electron chi connectivity index (χ1n) is 15.9. The minimum absolute atomic E-state index is 0.00654. The second-order valence-corrected chi connectivity index (χ2v) is 14.4. The molecule has 16 heteroatoms. The van der Waals surface area contributed by atoms with Crippen LogP contribution in [-0.2, 0) is 37.1 Å². The van der Waals surface area contributed by atoms with E-state index in [-0.39, 0.29) is 41.4 Å². The van der Waals surface area contributed by atoms with Crippen molar-refractivity contribution in [1.82, 2.24) is 20.6 Å². The van der Waals surface area contributed by atoms with Crippen molar-refractivity contribution < 1.29 is 47.1 Å². The number of fused-ring (bicyclic) bond motifs is 4. The van der Waals surface area contributed by atoms with Crippen molar-refractivity contribution in [2.75, 3.05) is 5.32 Å². The van der Waals surface area contributed by atoms with Crippen LogP contribution in [0.15, 0.2) is 57.6 Å². The van der Waals surface area contributed by atoms with Gasteiger partial charge in [0.1, 0.15) is 47.9 Å². The zero-order chi connectivity index (χ0) is 34.8. The van der Waals surface area contributed by atoms with Gasteiger partial charge in [0.15, 0.2) is 17.7 Å². The van der Waals surface area contributed by atoms with Crippen molar-refractivity contribution in [1.29, 1.82) is 0 Å². The minimum atomic E-state index is -4.79. The van der Waals surface area contributed by atoms with Crippen LogP contribution in [0.4, 0.5) is 5.69 Å². The van der Waals surface area contributed by atoms with E-state index in [9.17, 15) is 29.0 Å². The number of oxazole rings is 2. The molecule has 4 aromatic rings. The summed E-state index contributed by atoms with van der Waals surface area (Å²) in [5, 5.41) is 19.7. The number of phosphoric acid groups is 1. The van der Waals surface area contributed by atoms with Crippen LogP contribution in [0, 0.1) is 11.8 Å². The largest absolute Gasteiger partial charge is 0.469 e. The molecule has 0 saturated carbocycles. The number of phosphoric ester groups is 1. The molecule has 15 nitrogen and oxygen atoms in total. The highest BCUT2D eigenvalue weighted by molar-refractivity contribution is 7.46. The van der Waals surface area contributed by atoms with Gasteiger partial charge in [0.2, 0.25) is 23.6 Å². The number of carbonyl (C=O) groups is 2. The number of aliphatic hydroxyl groups is 1. The van der Waals surface area contributed by atoms with Gasteiger partial charge in [-0.15, -0.1) is 0 Å². The van der Waals surface area contributed by atoms with Crippen molar-refractivity contribution in [2.24, 2.45) is 11.8 Å². The molecule has 2 aromatic carbocycles. The Hall–Kier alpha value is -4.53. The number of aromatic nitrogens is 2. The fraction of sp³-hybridized carbons (Fsp3) is 0.394. The highest BCUT2D eigenvalue weighted by Crippen LogP contribution is 2.59. The second-order valence-electron chi connectivity index (χ2n) is 13.1. The zero-order valence-corrected chi connectivity index (χ0v) is 27.9. The number of anilines is 1. The standard InChI is InChI=1S/C33H36N5O10P/c1-15(2)24-31-38-25(30-34-18(13-45-30)14-46-49(42,43)44)27(48-31)33-19-7-5-6-8-21(19)36-32(33)47-23-10-9-17(11-20(23)33)12-22(28(40)37-24)35-29(41)26(39)16(3)4/h5-11,13,15-16,22,24,26,32,36,39H,12,14H2,1-4H3,(H,35,41)(H,37,40)(H2,42,43,44)/t22-,24?,26-,32?,33?/m0/s1. The average molecular weight is 694 g/mol. The average Bonchev–Trinajstić information content (AvgIpc) is 3.82. The van der Waals surface area contributed by atoms with Crippen molar-refractivity contribution >= 4 is 25.3 Å². The molecule has 0 aliphatic carbocycles. The number of para-hydroxylation sites is 1. The molecular formula is C33H36N5O10P. The summed E-state index contributed by atoms with van der Waals surface area (Å²) in [5.41, 5.74) is 2.19. The molecule has 49 heavy (non-hydrogen) atoms. The summed E-state index contributed by atoms with van der Waals surface area (Å²) in [6, 6.07) is 11.4. The van der Waals surface area contributed by atoms with Gasteiger partial charge in [-0.2, -0.15) is 0 Å². The molecule has 3 unspecified atom stereocenters. The fourth-order valence-corrected chi connectivity index (χ4v) is 6.94. The SMILES string of the molecule is CC(C)C1NC(=O)[C@@H](NC(=O)[C@@H](O)C(C)C)Cc2ccc3c(c2)C2(c4ccccc4NC2O3)c2oc1nc2-c1nc(COP(=O)(O)O)co1. The van der Waals surface area contributed by atoms with Gasteiger partial charge in [-0.05, 0) is 35.1 Å². The Labute approximate surface area is 280 Å². The van der Waals surface area contributed by atoms with Crippen molar-refractivity contribution in [3.8, 4) is 17.3 Å². The number of benzene rings is 2. The fourth-order valence-electron chi connectivity index (χ4n) is 6.64. The Morgan fingerprint density at radius 3 is 2.63 bits per heavy atom. The maximum absolute atomic E-state index is 14.0. The molecule has 3 aliphatic rings. The number of hydrogen-bond donors (Lipinski definition) is 6. The number of nitrogens with one attached hydrogen (secondary N) is 3. The minimum Gasteiger partial charge on any atom is -0.469 e. The summed E-state index contributed by atoms with van der Waals surface area (Å²) >= 11 is 0. The Kier molecular flexibility index (Phi) is 8.15. The van der Waals surface area contributed by atoms with Crippen LogP contribution in [-0.4, -0.2) is 55.0 Å². The first-order valence-corrected chi connectivity index (χ1v) is 17.4. The molecule has 258 valence electrons. The third-order valence-corrected chi connectivity index (χ3v) is 9.55. The molecule has 0 radical (unpaired) electrons. The second kappa shape index (κ2) is 12.1. The number of ether oxygens (including phenoxy) is 1. The lowest BCUT2D eigenvalue weighted by Crippen LogP contribution is -2.52. The quantitative estimate of drug-likeness (QED) is 0.146. The Balaban J connectivity index is 1.44. The highest BCUT2D eigenvalue weighted by Gasteiger charge is 2.61. The van der Waals surface area contributed by atoms with Gasteiger partial charge in [0.25, 0.3) is 0 Å². The lowest BCUT2D eigenvalue weighted by Gasteiger charge is -2.29.